The van der Waals surface area contributed by atoms with Crippen molar-refractivity contribution in [2.75, 3.05) is 12.8 Å². The molecule has 4 nitrogen and oxygen atoms in total. The number of nitrogens with two attached hydrogens (primary N) is 1. The molecule has 0 spiro atoms. The summed E-state index contributed by atoms with van der Waals surface area (Å²) in [4.78, 5) is 14.2. The monoisotopic (exact) mass is 282 g/mol. The van der Waals surface area contributed by atoms with E-state index in [2.05, 4.69) is 0 Å². The molecule has 2 aromatic rings. The number of nitrogens with zero attached hydrogens (tertiary/aromatic N) is 1. The lowest BCUT2D eigenvalue weighted by molar-refractivity contribution is -0.137. The number of amides is 1. The number of fused-ring (bicyclic) bond motifs is 1. The highest BCUT2D eigenvalue weighted by Crippen LogP contribution is 2.29. The molecule has 0 fully saturated rings. The molecule has 0 aromatic heterocycles. The molecule has 1 atom stereocenters. The third-order valence-electron chi connectivity index (χ3n) is 3.76. The quantitative estimate of drug-likeness (QED) is 0.878. The van der Waals surface area contributed by atoms with E-state index in [1.807, 2.05) is 48.5 Å². The van der Waals surface area contributed by atoms with Gasteiger partial charge in [-0.25, -0.2) is 0 Å². The fourth-order valence-corrected chi connectivity index (χ4v) is 2.58. The average Bonchev–Trinajstić information content (AvgIpc) is 2.92. The number of hydrogen-bond acceptors (Lipinski definition) is 3. The lowest BCUT2D eigenvalue weighted by Crippen LogP contribution is -2.38. The lowest BCUT2D eigenvalue weighted by Gasteiger charge is -2.21. The molecule has 4 heteroatoms. The molecular weight excluding hydrogens is 264 g/mol. The summed E-state index contributed by atoms with van der Waals surface area (Å²) in [6.07, 6.45) is 0.196. The fraction of sp³-hybridized carbons (Fsp3) is 0.235. The van der Waals surface area contributed by atoms with Crippen LogP contribution in [0.5, 0.6) is 5.75 Å². The van der Waals surface area contributed by atoms with Crippen LogP contribution in [0.1, 0.15) is 11.1 Å². The Bertz CT molecular complexity index is 644. The molecule has 0 saturated carbocycles. The Morgan fingerprint density at radius 2 is 1.95 bits per heavy atom. The van der Waals surface area contributed by atoms with E-state index >= 15 is 0 Å². The van der Waals surface area contributed by atoms with E-state index in [1.54, 1.807) is 11.9 Å². The lowest BCUT2D eigenvalue weighted by atomic mass is 10.1. The number of rotatable bonds is 3. The van der Waals surface area contributed by atoms with E-state index in [0.717, 1.165) is 16.9 Å². The molecule has 2 N–H and O–H groups in total. The van der Waals surface area contributed by atoms with E-state index in [0.29, 0.717) is 18.7 Å². The standard InChI is InChI=1S/C17H18N2O2/c1-19(11-13-7-2-4-8-14(13)18)17(20)16-10-12-6-3-5-9-15(12)21-16/h2-9,16H,10-11,18H2,1H3. The summed E-state index contributed by atoms with van der Waals surface area (Å²) in [5, 5.41) is 0. The van der Waals surface area contributed by atoms with Crippen molar-refractivity contribution in [2.45, 2.75) is 19.1 Å². The van der Waals surface area contributed by atoms with Crippen molar-refractivity contribution < 1.29 is 9.53 Å². The van der Waals surface area contributed by atoms with Crippen LogP contribution < -0.4 is 10.5 Å². The Hall–Kier alpha value is -2.49. The molecule has 1 unspecified atom stereocenters. The summed E-state index contributed by atoms with van der Waals surface area (Å²) in [5.41, 5.74) is 8.66. The van der Waals surface area contributed by atoms with Gasteiger partial charge in [0.05, 0.1) is 0 Å². The van der Waals surface area contributed by atoms with Gasteiger partial charge in [0.15, 0.2) is 6.10 Å². The first-order valence-corrected chi connectivity index (χ1v) is 6.98. The maximum Gasteiger partial charge on any atom is 0.264 e. The second kappa shape index (κ2) is 5.48. The van der Waals surface area contributed by atoms with Gasteiger partial charge in [-0.15, -0.1) is 0 Å². The van der Waals surface area contributed by atoms with Crippen molar-refractivity contribution in [3.63, 3.8) is 0 Å². The molecule has 0 radical (unpaired) electrons. The van der Waals surface area contributed by atoms with Crippen LogP contribution in [-0.2, 0) is 17.8 Å². The van der Waals surface area contributed by atoms with Crippen molar-refractivity contribution in [1.82, 2.24) is 4.90 Å². The van der Waals surface area contributed by atoms with Crippen LogP contribution in [0.2, 0.25) is 0 Å². The first-order valence-electron chi connectivity index (χ1n) is 6.98. The summed E-state index contributed by atoms with van der Waals surface area (Å²) < 4.78 is 5.74. The van der Waals surface area contributed by atoms with E-state index < -0.39 is 6.10 Å². The minimum absolute atomic E-state index is 0.0190. The van der Waals surface area contributed by atoms with Gasteiger partial charge in [0.1, 0.15) is 5.75 Å². The van der Waals surface area contributed by atoms with Crippen molar-refractivity contribution in [3.8, 4) is 5.75 Å². The topological polar surface area (TPSA) is 55.6 Å². The summed E-state index contributed by atoms with van der Waals surface area (Å²) in [6, 6.07) is 15.4. The number of carbonyl (C=O) groups is 1. The normalized spacial score (nSPS) is 16.1. The average molecular weight is 282 g/mol. The van der Waals surface area contributed by atoms with Crippen LogP contribution >= 0.6 is 0 Å². The Labute approximate surface area is 124 Å². The molecular formula is C17H18N2O2. The third kappa shape index (κ3) is 2.70. The van der Waals surface area contributed by atoms with Gasteiger partial charge in [0.25, 0.3) is 5.91 Å². The van der Waals surface area contributed by atoms with Gasteiger partial charge in [-0.3, -0.25) is 4.79 Å². The highest BCUT2D eigenvalue weighted by atomic mass is 16.5. The zero-order valence-corrected chi connectivity index (χ0v) is 12.0. The first kappa shape index (κ1) is 13.5. The summed E-state index contributed by atoms with van der Waals surface area (Å²) in [7, 11) is 1.78. The van der Waals surface area contributed by atoms with E-state index in [4.69, 9.17) is 10.5 Å². The van der Waals surface area contributed by atoms with E-state index in [-0.39, 0.29) is 5.91 Å². The Kier molecular flexibility index (Phi) is 3.52. The molecule has 21 heavy (non-hydrogen) atoms. The zero-order chi connectivity index (χ0) is 14.8. The molecule has 1 aliphatic rings. The van der Waals surface area contributed by atoms with Crippen LogP contribution in [0.3, 0.4) is 0 Å². The van der Waals surface area contributed by atoms with Gasteiger partial charge in [-0.2, -0.15) is 0 Å². The van der Waals surface area contributed by atoms with Gasteiger partial charge in [0, 0.05) is 25.7 Å². The number of ether oxygens (including phenoxy) is 1. The number of carbonyl (C=O) groups excluding carboxylic acids is 1. The summed E-state index contributed by atoms with van der Waals surface area (Å²) >= 11 is 0. The smallest absolute Gasteiger partial charge is 0.264 e. The van der Waals surface area contributed by atoms with Crippen molar-refractivity contribution in [1.29, 1.82) is 0 Å². The number of benzene rings is 2. The number of likely N-dealkylation sites (N-methyl/N-ethyl adjacent to an activating group) is 1. The summed E-state index contributed by atoms with van der Waals surface area (Å²) in [5.74, 6) is 0.790. The number of para-hydroxylation sites is 2. The van der Waals surface area contributed by atoms with Crippen molar-refractivity contribution >= 4 is 11.6 Å². The number of nitrogen functional groups attached to an aromatic ring is 1. The maximum atomic E-state index is 12.5. The van der Waals surface area contributed by atoms with Crippen LogP contribution in [0, 0.1) is 0 Å². The number of hydrogen-bond donors (Lipinski definition) is 1. The highest BCUT2D eigenvalue weighted by Gasteiger charge is 2.30. The van der Waals surface area contributed by atoms with Crippen molar-refractivity contribution in [3.05, 3.63) is 59.7 Å². The molecule has 108 valence electrons. The van der Waals surface area contributed by atoms with Gasteiger partial charge < -0.3 is 15.4 Å². The fourth-order valence-electron chi connectivity index (χ4n) is 2.58. The van der Waals surface area contributed by atoms with Gasteiger partial charge >= 0.3 is 0 Å². The van der Waals surface area contributed by atoms with Gasteiger partial charge in [-0.05, 0) is 23.3 Å². The predicted octanol–water partition coefficient (Wildman–Crippen LogP) is 2.23. The minimum Gasteiger partial charge on any atom is -0.480 e. The minimum atomic E-state index is -0.433. The molecule has 1 aliphatic heterocycles. The Morgan fingerprint density at radius 1 is 1.24 bits per heavy atom. The highest BCUT2D eigenvalue weighted by molar-refractivity contribution is 5.82. The van der Waals surface area contributed by atoms with Gasteiger partial charge in [0.2, 0.25) is 0 Å². The Morgan fingerprint density at radius 3 is 2.71 bits per heavy atom. The van der Waals surface area contributed by atoms with Crippen LogP contribution in [0.15, 0.2) is 48.5 Å². The third-order valence-corrected chi connectivity index (χ3v) is 3.76. The molecule has 2 aromatic carbocycles. The molecule has 3 rings (SSSR count). The molecule has 0 saturated heterocycles. The summed E-state index contributed by atoms with van der Waals surface area (Å²) in [6.45, 7) is 0.488. The van der Waals surface area contributed by atoms with E-state index in [1.165, 1.54) is 0 Å². The van der Waals surface area contributed by atoms with Crippen LogP contribution in [0.4, 0.5) is 5.69 Å². The second-order valence-corrected chi connectivity index (χ2v) is 5.31. The molecule has 0 bridgehead atoms. The molecule has 1 amide bonds. The SMILES string of the molecule is CN(Cc1ccccc1N)C(=O)C1Cc2ccccc2O1. The Balaban J connectivity index is 1.68. The zero-order valence-electron chi connectivity index (χ0n) is 12.0. The largest absolute Gasteiger partial charge is 0.480 e. The molecule has 0 aliphatic carbocycles. The predicted molar refractivity (Wildman–Crippen MR) is 81.9 cm³/mol. The molecule has 1 heterocycles. The maximum absolute atomic E-state index is 12.5. The van der Waals surface area contributed by atoms with Crippen LogP contribution in [0.25, 0.3) is 0 Å². The van der Waals surface area contributed by atoms with Crippen molar-refractivity contribution in [2.24, 2.45) is 0 Å². The number of anilines is 1. The first-order chi connectivity index (χ1) is 10.1. The van der Waals surface area contributed by atoms with Gasteiger partial charge in [-0.1, -0.05) is 36.4 Å². The second-order valence-electron chi connectivity index (χ2n) is 5.31. The van der Waals surface area contributed by atoms with Crippen LogP contribution in [-0.4, -0.2) is 24.0 Å². The van der Waals surface area contributed by atoms with E-state index in [9.17, 15) is 4.79 Å².